The van der Waals surface area contributed by atoms with Crippen molar-refractivity contribution in [1.29, 1.82) is 0 Å². The molecule has 1 amide bonds. The lowest BCUT2D eigenvalue weighted by Gasteiger charge is -2.23. The second-order valence-corrected chi connectivity index (χ2v) is 7.51. The molecule has 1 N–H and O–H groups in total. The Kier molecular flexibility index (Phi) is 5.90. The van der Waals surface area contributed by atoms with Crippen LogP contribution in [0.15, 0.2) is 52.2 Å². The number of carboxylic acid groups (broad SMARTS) is 1. The highest BCUT2D eigenvalue weighted by Crippen LogP contribution is 2.38. The van der Waals surface area contributed by atoms with Crippen LogP contribution in [-0.2, 0) is 9.59 Å². The summed E-state index contributed by atoms with van der Waals surface area (Å²) >= 11 is 6.53. The van der Waals surface area contributed by atoms with Crippen molar-refractivity contribution in [2.45, 2.75) is 31.7 Å². The SMILES string of the molecule is COc1ccc2cc([C@@H]3CC(c4ccco4)=NN3C(=O)CCCC(=O)O)c(Cl)nc2c1. The van der Waals surface area contributed by atoms with E-state index in [-0.39, 0.29) is 30.3 Å². The first-order chi connectivity index (χ1) is 15.0. The van der Waals surface area contributed by atoms with E-state index in [1.807, 2.05) is 18.2 Å². The standard InChI is InChI=1S/C22H20ClN3O5/c1-30-14-8-7-13-10-15(22(23)24-16(13)11-14)18-12-17(19-4-3-9-31-19)25-26(18)20(27)5-2-6-21(28)29/h3-4,7-11,18H,2,5-6,12H2,1H3,(H,28,29)/t18-/m0/s1. The average Bonchev–Trinajstić information content (AvgIpc) is 3.42. The zero-order valence-electron chi connectivity index (χ0n) is 16.7. The molecule has 0 saturated carbocycles. The topological polar surface area (TPSA) is 105 Å². The Morgan fingerprint density at radius 3 is 2.84 bits per heavy atom. The number of hydrazone groups is 1. The quantitative estimate of drug-likeness (QED) is 0.544. The van der Waals surface area contributed by atoms with Crippen LogP contribution in [0.5, 0.6) is 5.75 Å². The van der Waals surface area contributed by atoms with Gasteiger partial charge in [-0.15, -0.1) is 0 Å². The molecule has 160 valence electrons. The zero-order chi connectivity index (χ0) is 22.0. The predicted molar refractivity (Wildman–Crippen MR) is 114 cm³/mol. The summed E-state index contributed by atoms with van der Waals surface area (Å²) in [6.07, 6.45) is 2.16. The second-order valence-electron chi connectivity index (χ2n) is 7.16. The lowest BCUT2D eigenvalue weighted by atomic mass is 10.0. The molecular formula is C22H20ClN3O5. The number of furan rings is 1. The number of methoxy groups -OCH3 is 1. The van der Waals surface area contributed by atoms with Gasteiger partial charge in [0.15, 0.2) is 0 Å². The number of carbonyl (C=O) groups is 2. The Hall–Kier alpha value is -3.39. The number of amides is 1. The first-order valence-corrected chi connectivity index (χ1v) is 10.1. The summed E-state index contributed by atoms with van der Waals surface area (Å²) in [5.74, 6) is 0.0188. The van der Waals surface area contributed by atoms with Gasteiger partial charge in [0.2, 0.25) is 5.91 Å². The van der Waals surface area contributed by atoms with Gasteiger partial charge in [0.1, 0.15) is 22.4 Å². The summed E-state index contributed by atoms with van der Waals surface area (Å²) in [5, 5.41) is 15.8. The van der Waals surface area contributed by atoms with Crippen molar-refractivity contribution in [3.8, 4) is 5.75 Å². The molecule has 1 aliphatic heterocycles. The van der Waals surface area contributed by atoms with E-state index in [0.717, 1.165) is 5.39 Å². The summed E-state index contributed by atoms with van der Waals surface area (Å²) < 4.78 is 10.7. The minimum Gasteiger partial charge on any atom is -0.497 e. The molecule has 31 heavy (non-hydrogen) atoms. The summed E-state index contributed by atoms with van der Waals surface area (Å²) in [5.41, 5.74) is 1.96. The van der Waals surface area contributed by atoms with E-state index in [9.17, 15) is 9.59 Å². The lowest BCUT2D eigenvalue weighted by molar-refractivity contribution is -0.137. The molecule has 0 saturated heterocycles. The van der Waals surface area contributed by atoms with Gasteiger partial charge < -0.3 is 14.3 Å². The minimum atomic E-state index is -0.942. The molecule has 3 heterocycles. The molecule has 0 bridgehead atoms. The van der Waals surface area contributed by atoms with Crippen LogP contribution in [-0.4, -0.2) is 39.8 Å². The molecule has 1 atom stereocenters. The molecule has 0 spiro atoms. The number of hydrogen-bond donors (Lipinski definition) is 1. The van der Waals surface area contributed by atoms with Crippen LogP contribution >= 0.6 is 11.6 Å². The van der Waals surface area contributed by atoms with Crippen LogP contribution in [0, 0.1) is 0 Å². The van der Waals surface area contributed by atoms with Crippen molar-refractivity contribution >= 4 is 40.1 Å². The van der Waals surface area contributed by atoms with Gasteiger partial charge in [0.05, 0.1) is 24.9 Å². The van der Waals surface area contributed by atoms with E-state index in [0.29, 0.717) is 34.7 Å². The van der Waals surface area contributed by atoms with E-state index in [4.69, 9.17) is 25.9 Å². The summed E-state index contributed by atoms with van der Waals surface area (Å²) in [4.78, 5) is 28.2. The molecule has 4 rings (SSSR count). The maximum absolute atomic E-state index is 12.9. The zero-order valence-corrected chi connectivity index (χ0v) is 17.5. The molecule has 8 nitrogen and oxygen atoms in total. The van der Waals surface area contributed by atoms with Crippen molar-refractivity contribution in [2.24, 2.45) is 5.10 Å². The van der Waals surface area contributed by atoms with Gasteiger partial charge in [-0.1, -0.05) is 11.6 Å². The van der Waals surface area contributed by atoms with Crippen LogP contribution < -0.4 is 4.74 Å². The molecule has 9 heteroatoms. The Labute approximate surface area is 183 Å². The van der Waals surface area contributed by atoms with E-state index in [1.165, 1.54) is 5.01 Å². The van der Waals surface area contributed by atoms with Crippen molar-refractivity contribution in [1.82, 2.24) is 9.99 Å². The van der Waals surface area contributed by atoms with Gasteiger partial charge in [0.25, 0.3) is 0 Å². The average molecular weight is 442 g/mol. The number of aromatic nitrogens is 1. The number of halogens is 1. The number of carboxylic acids is 1. The third-order valence-corrected chi connectivity index (χ3v) is 5.42. The van der Waals surface area contributed by atoms with E-state index >= 15 is 0 Å². The van der Waals surface area contributed by atoms with Crippen molar-refractivity contribution in [3.05, 3.63) is 59.1 Å². The molecule has 0 aliphatic carbocycles. The van der Waals surface area contributed by atoms with Crippen LogP contribution in [0.25, 0.3) is 10.9 Å². The fraction of sp³-hybridized carbons (Fsp3) is 0.273. The Balaban J connectivity index is 1.68. The summed E-state index contributed by atoms with van der Waals surface area (Å²) in [6.45, 7) is 0. The van der Waals surface area contributed by atoms with Gasteiger partial charge in [0, 0.05) is 36.3 Å². The highest BCUT2D eigenvalue weighted by molar-refractivity contribution is 6.30. The molecule has 3 aromatic rings. The number of pyridine rings is 1. The monoisotopic (exact) mass is 441 g/mol. The largest absolute Gasteiger partial charge is 0.497 e. The number of carbonyl (C=O) groups excluding carboxylic acids is 1. The number of nitrogens with zero attached hydrogens (tertiary/aromatic N) is 3. The van der Waals surface area contributed by atoms with Gasteiger partial charge in [-0.05, 0) is 36.8 Å². The van der Waals surface area contributed by atoms with Crippen molar-refractivity contribution in [3.63, 3.8) is 0 Å². The fourth-order valence-corrected chi connectivity index (χ4v) is 3.85. The normalized spacial score (nSPS) is 15.9. The minimum absolute atomic E-state index is 0.0631. The number of benzene rings is 1. The van der Waals surface area contributed by atoms with Crippen molar-refractivity contribution < 1.29 is 23.8 Å². The number of aliphatic carboxylic acids is 1. The first-order valence-electron chi connectivity index (χ1n) is 9.75. The lowest BCUT2D eigenvalue weighted by Crippen LogP contribution is -2.27. The molecule has 0 fully saturated rings. The Morgan fingerprint density at radius 1 is 1.29 bits per heavy atom. The highest BCUT2D eigenvalue weighted by atomic mass is 35.5. The third-order valence-electron chi connectivity index (χ3n) is 5.12. The molecule has 1 aromatic carbocycles. The molecular weight excluding hydrogens is 422 g/mol. The molecule has 0 radical (unpaired) electrons. The van der Waals surface area contributed by atoms with Crippen LogP contribution in [0.1, 0.15) is 43.0 Å². The van der Waals surface area contributed by atoms with E-state index in [2.05, 4.69) is 10.1 Å². The molecule has 2 aromatic heterocycles. The maximum atomic E-state index is 12.9. The fourth-order valence-electron chi connectivity index (χ4n) is 3.58. The Bertz CT molecular complexity index is 1160. The van der Waals surface area contributed by atoms with Gasteiger partial charge in [-0.2, -0.15) is 5.10 Å². The first kappa shape index (κ1) is 20.9. The third kappa shape index (κ3) is 4.39. The number of fused-ring (bicyclic) bond motifs is 1. The Morgan fingerprint density at radius 2 is 2.13 bits per heavy atom. The van der Waals surface area contributed by atoms with Gasteiger partial charge >= 0.3 is 5.97 Å². The van der Waals surface area contributed by atoms with E-state index < -0.39 is 12.0 Å². The molecule has 0 unspecified atom stereocenters. The summed E-state index contributed by atoms with van der Waals surface area (Å²) in [6, 6.07) is 10.5. The van der Waals surface area contributed by atoms with Gasteiger partial charge in [-0.3, -0.25) is 9.59 Å². The van der Waals surface area contributed by atoms with Crippen LogP contribution in [0.3, 0.4) is 0 Å². The molecule has 1 aliphatic rings. The number of hydrogen-bond acceptors (Lipinski definition) is 6. The van der Waals surface area contributed by atoms with Crippen molar-refractivity contribution in [2.75, 3.05) is 7.11 Å². The van der Waals surface area contributed by atoms with Gasteiger partial charge in [-0.25, -0.2) is 9.99 Å². The smallest absolute Gasteiger partial charge is 0.303 e. The summed E-state index contributed by atoms with van der Waals surface area (Å²) in [7, 11) is 1.58. The second kappa shape index (κ2) is 8.77. The van der Waals surface area contributed by atoms with Crippen LogP contribution in [0.2, 0.25) is 5.15 Å². The predicted octanol–water partition coefficient (Wildman–Crippen LogP) is 4.42. The van der Waals surface area contributed by atoms with E-state index in [1.54, 1.807) is 31.6 Å². The number of ether oxygens (including phenoxy) is 1. The number of rotatable bonds is 7. The maximum Gasteiger partial charge on any atom is 0.303 e. The highest BCUT2D eigenvalue weighted by Gasteiger charge is 2.35. The van der Waals surface area contributed by atoms with Crippen LogP contribution in [0.4, 0.5) is 0 Å².